The summed E-state index contributed by atoms with van der Waals surface area (Å²) >= 11 is 2.28. The molecule has 0 unspecified atom stereocenters. The second-order valence-electron chi connectivity index (χ2n) is 10.2. The number of alkyl halides is 2. The second kappa shape index (κ2) is 9.23. The first kappa shape index (κ1) is 24.3. The van der Waals surface area contributed by atoms with Gasteiger partial charge < -0.3 is 15.1 Å². The minimum absolute atomic E-state index is 0.214. The van der Waals surface area contributed by atoms with E-state index in [0.29, 0.717) is 22.2 Å². The molecule has 0 bridgehead atoms. The van der Waals surface area contributed by atoms with Gasteiger partial charge in [-0.1, -0.05) is 0 Å². The molecule has 5 nitrogen and oxygen atoms in total. The number of rotatable bonds is 4. The zero-order valence-electron chi connectivity index (χ0n) is 19.8. The summed E-state index contributed by atoms with van der Waals surface area (Å²) in [6.45, 7) is 4.16. The normalized spacial score (nSPS) is 20.4. The number of carbonyl (C=O) groups excluding carboxylic acids is 1. The van der Waals surface area contributed by atoms with Gasteiger partial charge in [0.2, 0.25) is 0 Å². The number of piperidine rings is 2. The van der Waals surface area contributed by atoms with Crippen molar-refractivity contribution < 1.29 is 13.6 Å². The van der Waals surface area contributed by atoms with Crippen LogP contribution in [0.3, 0.4) is 0 Å². The molecule has 184 valence electrons. The van der Waals surface area contributed by atoms with Gasteiger partial charge in [0.1, 0.15) is 0 Å². The molecule has 2 saturated heterocycles. The van der Waals surface area contributed by atoms with E-state index in [4.69, 9.17) is 0 Å². The summed E-state index contributed by atoms with van der Waals surface area (Å²) < 4.78 is 28.5. The van der Waals surface area contributed by atoms with Gasteiger partial charge in [-0.15, -0.1) is 0 Å². The highest BCUT2D eigenvalue weighted by Gasteiger charge is 2.44. The summed E-state index contributed by atoms with van der Waals surface area (Å²) in [6, 6.07) is 11.5. The molecular weight excluding hydrogens is 561 g/mol. The van der Waals surface area contributed by atoms with Crippen LogP contribution in [0.5, 0.6) is 0 Å². The lowest BCUT2D eigenvalue weighted by molar-refractivity contribution is -0.0220. The molecule has 1 aliphatic carbocycles. The Labute approximate surface area is 218 Å². The number of amides is 1. The molecule has 2 aliphatic heterocycles. The van der Waals surface area contributed by atoms with Crippen LogP contribution in [0.2, 0.25) is 0 Å². The van der Waals surface area contributed by atoms with Gasteiger partial charge in [0, 0.05) is 54.0 Å². The van der Waals surface area contributed by atoms with Crippen LogP contribution in [-0.2, 0) is 0 Å². The van der Waals surface area contributed by atoms with Gasteiger partial charge in [-0.25, -0.2) is 8.78 Å². The van der Waals surface area contributed by atoms with Crippen molar-refractivity contribution in [2.24, 2.45) is 5.41 Å². The Balaban J connectivity index is 1.40. The second-order valence-corrected chi connectivity index (χ2v) is 11.5. The number of carbonyl (C=O) groups is 1. The fourth-order valence-corrected chi connectivity index (χ4v) is 5.82. The lowest BCUT2D eigenvalue weighted by Gasteiger charge is -2.35. The topological polar surface area (TPSA) is 59.4 Å². The SMILES string of the molecule is Cc1c(C#N)cc(NC(=O)c2ccc(I)cc2N2CCC3(CC2)CC3)cc1N1CCC(F)(F)CC1. The third-order valence-corrected chi connectivity index (χ3v) is 8.59. The molecule has 35 heavy (non-hydrogen) atoms. The largest absolute Gasteiger partial charge is 0.371 e. The van der Waals surface area contributed by atoms with E-state index in [9.17, 15) is 18.8 Å². The van der Waals surface area contributed by atoms with Gasteiger partial charge in [-0.3, -0.25) is 4.79 Å². The van der Waals surface area contributed by atoms with Crippen molar-refractivity contribution in [3.63, 3.8) is 0 Å². The maximum Gasteiger partial charge on any atom is 0.257 e. The minimum atomic E-state index is -2.65. The van der Waals surface area contributed by atoms with Crippen molar-refractivity contribution in [3.05, 3.63) is 50.6 Å². The van der Waals surface area contributed by atoms with Crippen LogP contribution < -0.4 is 15.1 Å². The number of nitrogens with one attached hydrogen (secondary N) is 1. The number of hydrogen-bond acceptors (Lipinski definition) is 4. The van der Waals surface area contributed by atoms with Crippen LogP contribution in [0.4, 0.5) is 25.8 Å². The third kappa shape index (κ3) is 5.11. The molecule has 3 fully saturated rings. The highest BCUT2D eigenvalue weighted by molar-refractivity contribution is 14.1. The summed E-state index contributed by atoms with van der Waals surface area (Å²) in [7, 11) is 0. The van der Waals surface area contributed by atoms with E-state index in [1.807, 2.05) is 30.0 Å². The van der Waals surface area contributed by atoms with Gasteiger partial charge in [0.25, 0.3) is 11.8 Å². The quantitative estimate of drug-likeness (QED) is 0.423. The molecule has 3 aliphatic rings. The maximum absolute atomic E-state index is 13.7. The fraction of sp³-hybridized carbons (Fsp3) is 0.481. The standard InChI is InChI=1S/C27H29F2IN4O/c1-18-19(17-31)14-21(16-23(18)33-12-8-27(28,29)9-13-33)32-25(35)22-3-2-20(30)15-24(22)34-10-6-26(4-5-26)7-11-34/h2-3,14-16H,4-13H2,1H3,(H,32,35). The van der Waals surface area contributed by atoms with Gasteiger partial charge in [0.15, 0.2) is 0 Å². The zero-order valence-corrected chi connectivity index (χ0v) is 22.0. The highest BCUT2D eigenvalue weighted by Crippen LogP contribution is 2.54. The third-order valence-electron chi connectivity index (χ3n) is 7.92. The smallest absolute Gasteiger partial charge is 0.257 e. The van der Waals surface area contributed by atoms with E-state index < -0.39 is 5.92 Å². The van der Waals surface area contributed by atoms with E-state index in [1.165, 1.54) is 25.7 Å². The molecule has 1 amide bonds. The Kier molecular flexibility index (Phi) is 6.41. The molecule has 1 saturated carbocycles. The van der Waals surface area contributed by atoms with Crippen LogP contribution in [-0.4, -0.2) is 38.0 Å². The number of anilines is 3. The predicted octanol–water partition coefficient (Wildman–Crippen LogP) is 6.34. The lowest BCUT2D eigenvalue weighted by atomic mass is 9.93. The molecule has 0 radical (unpaired) electrons. The molecule has 2 aromatic carbocycles. The minimum Gasteiger partial charge on any atom is -0.371 e. The van der Waals surface area contributed by atoms with E-state index >= 15 is 0 Å². The number of nitriles is 1. The average Bonchev–Trinajstić information content (AvgIpc) is 3.59. The molecule has 1 N–H and O–H groups in total. The molecule has 1 spiro atoms. The highest BCUT2D eigenvalue weighted by atomic mass is 127. The van der Waals surface area contributed by atoms with E-state index in [-0.39, 0.29) is 31.8 Å². The van der Waals surface area contributed by atoms with E-state index in [2.05, 4.69) is 44.9 Å². The monoisotopic (exact) mass is 590 g/mol. The first-order chi connectivity index (χ1) is 16.7. The van der Waals surface area contributed by atoms with Gasteiger partial charge in [0.05, 0.1) is 22.9 Å². The first-order valence-electron chi connectivity index (χ1n) is 12.2. The molecule has 5 rings (SSSR count). The van der Waals surface area contributed by atoms with E-state index in [1.54, 1.807) is 6.07 Å². The van der Waals surface area contributed by atoms with Gasteiger partial charge in [-0.05, 0) is 96.5 Å². The molecule has 0 aromatic heterocycles. The van der Waals surface area contributed by atoms with Crippen molar-refractivity contribution in [1.29, 1.82) is 5.26 Å². The van der Waals surface area contributed by atoms with Crippen LogP contribution in [0, 0.1) is 27.2 Å². The lowest BCUT2D eigenvalue weighted by Crippen LogP contribution is -2.39. The van der Waals surface area contributed by atoms with Crippen molar-refractivity contribution in [1.82, 2.24) is 0 Å². The number of hydrogen-bond donors (Lipinski definition) is 1. The summed E-state index contributed by atoms with van der Waals surface area (Å²) in [5.41, 5.74) is 4.50. The number of nitrogens with zero attached hydrogens (tertiary/aromatic N) is 3. The Morgan fingerprint density at radius 1 is 0.971 bits per heavy atom. The Bertz CT molecular complexity index is 1180. The molecule has 2 heterocycles. The summed E-state index contributed by atoms with van der Waals surface area (Å²) in [6.07, 6.45) is 4.56. The Hall–Kier alpha value is -2.41. The molecular formula is C27H29F2IN4O. The van der Waals surface area contributed by atoms with Crippen molar-refractivity contribution >= 4 is 45.6 Å². The van der Waals surface area contributed by atoms with E-state index in [0.717, 1.165) is 33.6 Å². The molecule has 0 atom stereocenters. The number of benzene rings is 2. The van der Waals surface area contributed by atoms with Crippen molar-refractivity contribution in [3.8, 4) is 6.07 Å². The van der Waals surface area contributed by atoms with Crippen molar-refractivity contribution in [2.75, 3.05) is 41.3 Å². The summed E-state index contributed by atoms with van der Waals surface area (Å²) in [5, 5.41) is 12.7. The van der Waals surface area contributed by atoms with Crippen LogP contribution in [0.25, 0.3) is 0 Å². The summed E-state index contributed by atoms with van der Waals surface area (Å²) in [5.74, 6) is -2.88. The Morgan fingerprint density at radius 2 is 1.60 bits per heavy atom. The first-order valence-corrected chi connectivity index (χ1v) is 13.3. The molecule has 2 aromatic rings. The molecule has 8 heteroatoms. The Morgan fingerprint density at radius 3 is 2.23 bits per heavy atom. The average molecular weight is 590 g/mol. The maximum atomic E-state index is 13.7. The summed E-state index contributed by atoms with van der Waals surface area (Å²) in [4.78, 5) is 17.7. The van der Waals surface area contributed by atoms with Crippen LogP contribution in [0.15, 0.2) is 30.3 Å². The number of halogens is 3. The van der Waals surface area contributed by atoms with Gasteiger partial charge in [-0.2, -0.15) is 5.26 Å². The van der Waals surface area contributed by atoms with Crippen LogP contribution >= 0.6 is 22.6 Å². The van der Waals surface area contributed by atoms with Gasteiger partial charge >= 0.3 is 0 Å². The van der Waals surface area contributed by atoms with Crippen LogP contribution in [0.1, 0.15) is 60.0 Å². The fourth-order valence-electron chi connectivity index (χ4n) is 5.35. The zero-order chi connectivity index (χ0) is 24.8. The predicted molar refractivity (Wildman–Crippen MR) is 143 cm³/mol. The van der Waals surface area contributed by atoms with Crippen molar-refractivity contribution in [2.45, 2.75) is 51.4 Å².